The second-order valence-corrected chi connectivity index (χ2v) is 11.9. The number of amides is 2. The first-order valence-electron chi connectivity index (χ1n) is 13.5. The van der Waals surface area contributed by atoms with Gasteiger partial charge in [0.1, 0.15) is 5.58 Å². The lowest BCUT2D eigenvalue weighted by molar-refractivity contribution is -0.143. The summed E-state index contributed by atoms with van der Waals surface area (Å²) in [6, 6.07) is 11.8. The maximum absolute atomic E-state index is 13.6. The lowest BCUT2D eigenvalue weighted by Gasteiger charge is -2.40. The van der Waals surface area contributed by atoms with E-state index in [1.54, 1.807) is 36.4 Å². The van der Waals surface area contributed by atoms with Gasteiger partial charge < -0.3 is 14.6 Å². The molecule has 0 spiro atoms. The Morgan fingerprint density at radius 2 is 1.58 bits per heavy atom. The van der Waals surface area contributed by atoms with Gasteiger partial charge >= 0.3 is 12.4 Å². The molecule has 1 saturated heterocycles. The highest BCUT2D eigenvalue weighted by atomic mass is 79.9. The van der Waals surface area contributed by atoms with Gasteiger partial charge in [0.15, 0.2) is 11.2 Å². The summed E-state index contributed by atoms with van der Waals surface area (Å²) < 4.78 is 87.3. The number of hydrogen-bond acceptors (Lipinski definition) is 4. The van der Waals surface area contributed by atoms with Gasteiger partial charge in [0, 0.05) is 39.8 Å². The molecule has 1 fully saturated rings. The fraction of sp³-hybridized carbons (Fsp3) is 0.258. The van der Waals surface area contributed by atoms with Crippen molar-refractivity contribution in [3.05, 3.63) is 114 Å². The predicted molar refractivity (Wildman–Crippen MR) is 157 cm³/mol. The van der Waals surface area contributed by atoms with Crippen molar-refractivity contribution in [2.75, 3.05) is 6.54 Å². The topological polar surface area (TPSA) is 79.6 Å². The molecular formula is C31H22BrClF6N2O4. The van der Waals surface area contributed by atoms with Gasteiger partial charge in [-0.05, 0) is 73.4 Å². The molecule has 0 unspecified atom stereocenters. The summed E-state index contributed by atoms with van der Waals surface area (Å²) in [5.74, 6) is -1.95. The summed E-state index contributed by atoms with van der Waals surface area (Å²) in [6.45, 7) is -0.0880. The highest BCUT2D eigenvalue weighted by Crippen LogP contribution is 2.37. The van der Waals surface area contributed by atoms with E-state index in [0.29, 0.717) is 27.2 Å². The number of alkyl halides is 6. The molecule has 1 N–H and O–H groups in total. The molecule has 0 saturated carbocycles. The summed E-state index contributed by atoms with van der Waals surface area (Å²) in [5, 5.41) is 3.48. The number of carbonyl (C=O) groups is 2. The normalized spacial score (nSPS) is 17.4. The maximum Gasteiger partial charge on any atom is 0.416 e. The van der Waals surface area contributed by atoms with Crippen LogP contribution in [0.15, 0.2) is 80.4 Å². The second kappa shape index (κ2) is 12.5. The van der Waals surface area contributed by atoms with Crippen molar-refractivity contribution in [3.8, 4) is 0 Å². The zero-order valence-corrected chi connectivity index (χ0v) is 25.3. The van der Waals surface area contributed by atoms with Crippen LogP contribution < -0.4 is 10.7 Å². The van der Waals surface area contributed by atoms with Crippen LogP contribution in [0.25, 0.3) is 11.0 Å². The van der Waals surface area contributed by atoms with Gasteiger partial charge in [0.05, 0.1) is 16.5 Å². The van der Waals surface area contributed by atoms with Crippen molar-refractivity contribution in [2.24, 2.45) is 0 Å². The molecular weight excluding hydrogens is 694 g/mol. The first-order valence-corrected chi connectivity index (χ1v) is 14.6. The van der Waals surface area contributed by atoms with Crippen LogP contribution in [0.2, 0.25) is 5.02 Å². The van der Waals surface area contributed by atoms with Crippen LogP contribution in [0.5, 0.6) is 0 Å². The van der Waals surface area contributed by atoms with Gasteiger partial charge in [-0.3, -0.25) is 14.4 Å². The Labute approximate surface area is 265 Å². The molecule has 0 bridgehead atoms. The van der Waals surface area contributed by atoms with Crippen molar-refractivity contribution in [1.29, 1.82) is 0 Å². The van der Waals surface area contributed by atoms with E-state index in [9.17, 15) is 40.7 Å². The largest absolute Gasteiger partial charge is 0.451 e. The Bertz CT molecular complexity index is 1790. The second-order valence-electron chi connectivity index (χ2n) is 10.6. The monoisotopic (exact) mass is 714 g/mol. The van der Waals surface area contributed by atoms with E-state index in [0.717, 1.165) is 6.07 Å². The molecule has 6 nitrogen and oxygen atoms in total. The molecule has 5 rings (SSSR count). The Kier molecular flexibility index (Phi) is 9.05. The van der Waals surface area contributed by atoms with E-state index < -0.39 is 58.4 Å². The Balaban J connectivity index is 1.43. The van der Waals surface area contributed by atoms with Gasteiger partial charge in [-0.25, -0.2) is 0 Å². The standard InChI is InChI=1S/C31H22BrClF6N2O4/c32-20-3-6-26-24(13-20)25(42)15-27(45-26)28(43)40-22-7-8-41(23(14-22)9-16-1-4-21(33)5-2-16)29(44)17-10-18(30(34,35)36)12-19(11-17)31(37,38)39/h1-6,10-13,15,22-23H,7-9,14H2,(H,40,43)/t22-,23+/m0/s1. The Hall–Kier alpha value is -3.84. The van der Waals surface area contributed by atoms with Crippen molar-refractivity contribution >= 4 is 50.3 Å². The van der Waals surface area contributed by atoms with Crippen LogP contribution in [0.1, 0.15) is 50.4 Å². The summed E-state index contributed by atoms with van der Waals surface area (Å²) >= 11 is 9.25. The van der Waals surface area contributed by atoms with Crippen LogP contribution in [-0.4, -0.2) is 35.3 Å². The number of halogens is 8. The minimum absolute atomic E-state index is 0.0340. The number of piperidine rings is 1. The fourth-order valence-corrected chi connectivity index (χ4v) is 5.76. The van der Waals surface area contributed by atoms with Crippen molar-refractivity contribution in [3.63, 3.8) is 0 Å². The van der Waals surface area contributed by atoms with Crippen LogP contribution in [0, 0.1) is 0 Å². The first-order chi connectivity index (χ1) is 21.1. The SMILES string of the molecule is O=C(N[C@H]1CCN(C(=O)c2cc(C(F)(F)F)cc(C(F)(F)F)c2)[C@H](Cc2ccc(Cl)cc2)C1)c1cc(=O)c2cc(Br)ccc2o1. The Morgan fingerprint density at radius 1 is 0.933 bits per heavy atom. The van der Waals surface area contributed by atoms with E-state index in [1.165, 1.54) is 11.0 Å². The third kappa shape index (κ3) is 7.52. The van der Waals surface area contributed by atoms with Gasteiger partial charge in [-0.1, -0.05) is 39.7 Å². The number of fused-ring (bicyclic) bond motifs is 1. The average Bonchev–Trinajstić information content (AvgIpc) is 2.97. The number of nitrogens with zero attached hydrogens (tertiary/aromatic N) is 1. The molecule has 1 aromatic heterocycles. The number of rotatable bonds is 5. The average molecular weight is 716 g/mol. The molecule has 236 valence electrons. The number of hydrogen-bond donors (Lipinski definition) is 1. The summed E-state index contributed by atoms with van der Waals surface area (Å²) in [5.41, 5.74) is -3.51. The molecule has 3 aromatic carbocycles. The fourth-order valence-electron chi connectivity index (χ4n) is 5.28. The minimum Gasteiger partial charge on any atom is -0.451 e. The summed E-state index contributed by atoms with van der Waals surface area (Å²) in [6.07, 6.45) is -9.84. The zero-order chi connectivity index (χ0) is 32.7. The van der Waals surface area contributed by atoms with Gasteiger partial charge in [-0.15, -0.1) is 0 Å². The van der Waals surface area contributed by atoms with Crippen molar-refractivity contribution in [1.82, 2.24) is 10.2 Å². The lowest BCUT2D eigenvalue weighted by atomic mass is 9.91. The Morgan fingerprint density at radius 3 is 2.20 bits per heavy atom. The number of benzene rings is 3. The quantitative estimate of drug-likeness (QED) is 0.213. The molecule has 2 atom stereocenters. The van der Waals surface area contributed by atoms with E-state index in [-0.39, 0.29) is 48.6 Å². The summed E-state index contributed by atoms with van der Waals surface area (Å²) in [7, 11) is 0. The van der Waals surface area contributed by atoms with E-state index >= 15 is 0 Å². The van der Waals surface area contributed by atoms with Crippen molar-refractivity contribution in [2.45, 2.75) is 43.7 Å². The van der Waals surface area contributed by atoms with E-state index in [1.807, 2.05) is 0 Å². The molecule has 1 aliphatic heterocycles. The number of carbonyl (C=O) groups excluding carboxylic acids is 2. The van der Waals surface area contributed by atoms with E-state index in [2.05, 4.69) is 21.2 Å². The highest BCUT2D eigenvalue weighted by Gasteiger charge is 2.39. The predicted octanol–water partition coefficient (Wildman–Crippen LogP) is 7.89. The maximum atomic E-state index is 13.6. The van der Waals surface area contributed by atoms with Crippen molar-refractivity contribution < 1.29 is 40.3 Å². The smallest absolute Gasteiger partial charge is 0.416 e. The molecule has 2 heterocycles. The molecule has 14 heteroatoms. The minimum atomic E-state index is -5.12. The van der Waals surface area contributed by atoms with Gasteiger partial charge in [0.25, 0.3) is 11.8 Å². The third-order valence-electron chi connectivity index (χ3n) is 7.44. The van der Waals surface area contributed by atoms with Crippen LogP contribution in [0.3, 0.4) is 0 Å². The first kappa shape index (κ1) is 32.6. The molecule has 4 aromatic rings. The lowest BCUT2D eigenvalue weighted by Crippen LogP contribution is -2.52. The van der Waals surface area contributed by atoms with Crippen LogP contribution >= 0.6 is 27.5 Å². The molecule has 2 amide bonds. The van der Waals surface area contributed by atoms with Gasteiger partial charge in [0.2, 0.25) is 0 Å². The highest BCUT2D eigenvalue weighted by molar-refractivity contribution is 9.10. The van der Waals surface area contributed by atoms with Crippen LogP contribution in [0.4, 0.5) is 26.3 Å². The molecule has 0 radical (unpaired) electrons. The number of likely N-dealkylation sites (tertiary alicyclic amines) is 1. The number of nitrogens with one attached hydrogen (secondary N) is 1. The van der Waals surface area contributed by atoms with E-state index in [4.69, 9.17) is 16.0 Å². The zero-order valence-electron chi connectivity index (χ0n) is 22.9. The molecule has 0 aliphatic carbocycles. The third-order valence-corrected chi connectivity index (χ3v) is 8.19. The van der Waals surface area contributed by atoms with Gasteiger partial charge in [-0.2, -0.15) is 26.3 Å². The molecule has 45 heavy (non-hydrogen) atoms. The summed E-state index contributed by atoms with van der Waals surface area (Å²) in [4.78, 5) is 40.5. The van der Waals surface area contributed by atoms with Crippen LogP contribution in [-0.2, 0) is 18.8 Å². The molecule has 1 aliphatic rings.